The molecular formula is C23H20N4OS2. The van der Waals surface area contributed by atoms with Crippen molar-refractivity contribution in [2.75, 3.05) is 11.1 Å². The number of carbonyl (C=O) groups excluding carboxylic acids is 1. The fraction of sp³-hybridized carbons (Fsp3) is 0.0870. The summed E-state index contributed by atoms with van der Waals surface area (Å²) in [4.78, 5) is 13.7. The Morgan fingerprint density at radius 1 is 1.07 bits per heavy atom. The largest absolute Gasteiger partial charge is 0.325 e. The highest BCUT2D eigenvalue weighted by atomic mass is 32.2. The third kappa shape index (κ3) is 4.53. The van der Waals surface area contributed by atoms with Crippen LogP contribution >= 0.6 is 23.1 Å². The minimum absolute atomic E-state index is 0.0887. The number of nitrogens with zero attached hydrogens (tertiary/aromatic N) is 3. The smallest absolute Gasteiger partial charge is 0.234 e. The maximum atomic E-state index is 12.7. The van der Waals surface area contributed by atoms with Crippen LogP contribution in [-0.4, -0.2) is 26.4 Å². The zero-order chi connectivity index (χ0) is 20.8. The molecule has 0 bridgehead atoms. The number of aromatic nitrogens is 3. The Balaban J connectivity index is 1.47. The maximum absolute atomic E-state index is 12.7. The Labute approximate surface area is 183 Å². The number of thiophene rings is 1. The lowest BCUT2D eigenvalue weighted by molar-refractivity contribution is -0.113. The van der Waals surface area contributed by atoms with Gasteiger partial charge < -0.3 is 5.32 Å². The molecule has 1 amide bonds. The lowest BCUT2D eigenvalue weighted by Gasteiger charge is -2.11. The topological polar surface area (TPSA) is 59.8 Å². The summed E-state index contributed by atoms with van der Waals surface area (Å²) >= 11 is 2.98. The molecule has 5 nitrogen and oxygen atoms in total. The number of hydrogen-bond donors (Lipinski definition) is 1. The van der Waals surface area contributed by atoms with E-state index in [-0.39, 0.29) is 11.7 Å². The number of thioether (sulfide) groups is 1. The van der Waals surface area contributed by atoms with Crippen LogP contribution in [0.5, 0.6) is 0 Å². The van der Waals surface area contributed by atoms with Gasteiger partial charge >= 0.3 is 0 Å². The van der Waals surface area contributed by atoms with E-state index in [9.17, 15) is 4.79 Å². The fourth-order valence-corrected chi connectivity index (χ4v) is 4.52. The Kier molecular flexibility index (Phi) is 6.41. The molecule has 0 radical (unpaired) electrons. The fourth-order valence-electron chi connectivity index (χ4n) is 3.06. The molecule has 2 aromatic carbocycles. The van der Waals surface area contributed by atoms with E-state index in [0.717, 1.165) is 27.5 Å². The first-order valence-electron chi connectivity index (χ1n) is 9.41. The first-order chi connectivity index (χ1) is 14.8. The van der Waals surface area contributed by atoms with Crippen LogP contribution in [0.2, 0.25) is 0 Å². The van der Waals surface area contributed by atoms with E-state index >= 15 is 0 Å². The molecule has 0 aliphatic heterocycles. The average Bonchev–Trinajstić information content (AvgIpc) is 3.44. The second-order valence-corrected chi connectivity index (χ2v) is 8.32. The molecule has 0 unspecified atom stereocenters. The van der Waals surface area contributed by atoms with Crippen LogP contribution < -0.4 is 5.32 Å². The summed E-state index contributed by atoms with van der Waals surface area (Å²) in [6.45, 7) is 4.41. The molecule has 1 N–H and O–H groups in total. The first-order valence-corrected chi connectivity index (χ1v) is 11.3. The van der Waals surface area contributed by atoms with Crippen molar-refractivity contribution in [3.05, 3.63) is 84.8 Å². The van der Waals surface area contributed by atoms with Crippen LogP contribution in [0, 0.1) is 0 Å². The number of benzene rings is 2. The van der Waals surface area contributed by atoms with Crippen molar-refractivity contribution in [3.63, 3.8) is 0 Å². The van der Waals surface area contributed by atoms with E-state index in [2.05, 4.69) is 22.1 Å². The van der Waals surface area contributed by atoms with Gasteiger partial charge in [-0.2, -0.15) is 0 Å². The summed E-state index contributed by atoms with van der Waals surface area (Å²) in [5.74, 6) is 0.944. The zero-order valence-corrected chi connectivity index (χ0v) is 17.8. The monoisotopic (exact) mass is 432 g/mol. The van der Waals surface area contributed by atoms with Gasteiger partial charge in [-0.05, 0) is 23.1 Å². The SMILES string of the molecule is C=CCn1c(SCC(=O)Nc2ccccc2-c2ccccc2)nnc1-c1cccs1. The second kappa shape index (κ2) is 9.56. The molecule has 150 valence electrons. The number of para-hydroxylation sites is 1. The van der Waals surface area contributed by atoms with E-state index in [4.69, 9.17) is 0 Å². The molecule has 2 aromatic heterocycles. The number of carbonyl (C=O) groups is 1. The Morgan fingerprint density at radius 2 is 1.87 bits per heavy atom. The van der Waals surface area contributed by atoms with Gasteiger partial charge in [-0.1, -0.05) is 72.4 Å². The Morgan fingerprint density at radius 3 is 2.63 bits per heavy atom. The molecule has 30 heavy (non-hydrogen) atoms. The zero-order valence-electron chi connectivity index (χ0n) is 16.2. The Hall–Kier alpha value is -3.16. The molecule has 0 saturated heterocycles. The van der Waals surface area contributed by atoms with Gasteiger partial charge in [-0.3, -0.25) is 9.36 Å². The van der Waals surface area contributed by atoms with Crippen LogP contribution in [0.3, 0.4) is 0 Å². The van der Waals surface area contributed by atoms with E-state index < -0.39 is 0 Å². The number of amides is 1. The normalized spacial score (nSPS) is 10.7. The molecule has 0 atom stereocenters. The van der Waals surface area contributed by atoms with Gasteiger partial charge in [-0.25, -0.2) is 0 Å². The van der Waals surface area contributed by atoms with E-state index in [0.29, 0.717) is 11.7 Å². The van der Waals surface area contributed by atoms with Crippen LogP contribution in [-0.2, 0) is 11.3 Å². The number of allylic oxidation sites excluding steroid dienone is 1. The van der Waals surface area contributed by atoms with Gasteiger partial charge in [0, 0.05) is 17.8 Å². The standard InChI is InChI=1S/C23H20N4OS2/c1-2-14-27-22(20-13-8-15-29-20)25-26-23(27)30-16-21(28)24-19-12-7-6-11-18(19)17-9-4-3-5-10-17/h2-13,15H,1,14,16H2,(H,24,28). The van der Waals surface area contributed by atoms with Crippen LogP contribution in [0.4, 0.5) is 5.69 Å². The number of nitrogens with one attached hydrogen (secondary N) is 1. The lowest BCUT2D eigenvalue weighted by atomic mass is 10.0. The highest BCUT2D eigenvalue weighted by Gasteiger charge is 2.16. The lowest BCUT2D eigenvalue weighted by Crippen LogP contribution is -2.15. The van der Waals surface area contributed by atoms with Crippen LogP contribution in [0.1, 0.15) is 0 Å². The minimum Gasteiger partial charge on any atom is -0.325 e. The van der Waals surface area contributed by atoms with Gasteiger partial charge in [0.15, 0.2) is 11.0 Å². The maximum Gasteiger partial charge on any atom is 0.234 e. The number of hydrogen-bond acceptors (Lipinski definition) is 5. The summed E-state index contributed by atoms with van der Waals surface area (Å²) in [6, 6.07) is 21.8. The molecule has 0 aliphatic carbocycles. The van der Waals surface area contributed by atoms with Gasteiger partial charge in [-0.15, -0.1) is 28.1 Å². The highest BCUT2D eigenvalue weighted by Crippen LogP contribution is 2.29. The van der Waals surface area contributed by atoms with E-state index in [1.165, 1.54) is 11.8 Å². The second-order valence-electron chi connectivity index (χ2n) is 6.43. The average molecular weight is 433 g/mol. The minimum atomic E-state index is -0.0887. The highest BCUT2D eigenvalue weighted by molar-refractivity contribution is 7.99. The molecule has 7 heteroatoms. The predicted molar refractivity (Wildman–Crippen MR) is 125 cm³/mol. The van der Waals surface area contributed by atoms with Crippen molar-refractivity contribution in [1.29, 1.82) is 0 Å². The molecule has 0 aliphatic rings. The van der Waals surface area contributed by atoms with Crippen LogP contribution in [0.25, 0.3) is 21.8 Å². The summed E-state index contributed by atoms with van der Waals surface area (Å²) < 4.78 is 1.98. The summed E-state index contributed by atoms with van der Waals surface area (Å²) in [5.41, 5.74) is 2.85. The van der Waals surface area contributed by atoms with Gasteiger partial charge in [0.1, 0.15) is 0 Å². The molecule has 0 saturated carbocycles. The van der Waals surface area contributed by atoms with Crippen molar-refractivity contribution in [2.24, 2.45) is 0 Å². The Bertz CT molecular complexity index is 1140. The van der Waals surface area contributed by atoms with Crippen molar-refractivity contribution in [3.8, 4) is 21.8 Å². The summed E-state index contributed by atoms with van der Waals surface area (Å²) in [7, 11) is 0. The van der Waals surface area contributed by atoms with E-state index in [1.54, 1.807) is 17.4 Å². The molecule has 4 aromatic rings. The van der Waals surface area contributed by atoms with Gasteiger partial charge in [0.2, 0.25) is 5.91 Å². The predicted octanol–water partition coefficient (Wildman–Crippen LogP) is 5.59. The van der Waals surface area contributed by atoms with E-state index in [1.807, 2.05) is 76.7 Å². The number of anilines is 1. The number of rotatable bonds is 8. The van der Waals surface area contributed by atoms with Crippen molar-refractivity contribution < 1.29 is 4.79 Å². The molecule has 0 fully saturated rings. The molecule has 4 rings (SSSR count). The van der Waals surface area contributed by atoms with Crippen molar-refractivity contribution >= 4 is 34.7 Å². The summed E-state index contributed by atoms with van der Waals surface area (Å²) in [5, 5.41) is 14.3. The molecule has 0 spiro atoms. The first kappa shape index (κ1) is 20.1. The van der Waals surface area contributed by atoms with Gasteiger partial charge in [0.05, 0.1) is 10.6 Å². The third-order valence-corrected chi connectivity index (χ3v) is 6.22. The van der Waals surface area contributed by atoms with Gasteiger partial charge in [0.25, 0.3) is 0 Å². The summed E-state index contributed by atoms with van der Waals surface area (Å²) in [6.07, 6.45) is 1.81. The quantitative estimate of drug-likeness (QED) is 0.291. The van der Waals surface area contributed by atoms with Crippen molar-refractivity contribution in [2.45, 2.75) is 11.7 Å². The van der Waals surface area contributed by atoms with Crippen LogP contribution in [0.15, 0.2) is 89.9 Å². The third-order valence-electron chi connectivity index (χ3n) is 4.39. The molecular weight excluding hydrogens is 412 g/mol. The molecule has 2 heterocycles. The van der Waals surface area contributed by atoms with Crippen molar-refractivity contribution in [1.82, 2.24) is 14.8 Å².